The maximum absolute atomic E-state index is 5.33. The van der Waals surface area contributed by atoms with Gasteiger partial charge in [0.15, 0.2) is 11.5 Å². The Bertz CT molecular complexity index is 419. The average molecular weight is 330 g/mol. The number of hydrogen-bond donors (Lipinski definition) is 1. The van der Waals surface area contributed by atoms with Crippen molar-refractivity contribution in [2.24, 2.45) is 5.41 Å². The largest absolute Gasteiger partial charge is 0.493 e. The standard InChI is InChI=1S/C15H24BrNO2/c1-6-15(2,3)10-17-9-11-7-13(18-4)14(19-5)8-12(11)16/h7-8,17H,6,9-10H2,1-5H3. The van der Waals surface area contributed by atoms with E-state index in [1.54, 1.807) is 14.2 Å². The molecule has 19 heavy (non-hydrogen) atoms. The summed E-state index contributed by atoms with van der Waals surface area (Å²) in [6, 6.07) is 3.95. The Morgan fingerprint density at radius 2 is 1.74 bits per heavy atom. The van der Waals surface area contributed by atoms with Crippen LogP contribution in [0.25, 0.3) is 0 Å². The number of halogens is 1. The van der Waals surface area contributed by atoms with Crippen LogP contribution in [0.2, 0.25) is 0 Å². The molecule has 0 fully saturated rings. The van der Waals surface area contributed by atoms with E-state index in [1.807, 2.05) is 12.1 Å². The Labute approximate surface area is 124 Å². The van der Waals surface area contributed by atoms with Crippen LogP contribution in [0, 0.1) is 5.41 Å². The quantitative estimate of drug-likeness (QED) is 0.820. The van der Waals surface area contributed by atoms with Gasteiger partial charge in [0.25, 0.3) is 0 Å². The molecular formula is C15H24BrNO2. The van der Waals surface area contributed by atoms with Crippen LogP contribution in [0.5, 0.6) is 11.5 Å². The third kappa shape index (κ3) is 4.69. The number of ether oxygens (including phenoxy) is 2. The fourth-order valence-electron chi connectivity index (χ4n) is 1.69. The van der Waals surface area contributed by atoms with Crippen molar-refractivity contribution in [1.29, 1.82) is 0 Å². The van der Waals surface area contributed by atoms with Gasteiger partial charge < -0.3 is 14.8 Å². The molecule has 0 heterocycles. The van der Waals surface area contributed by atoms with Gasteiger partial charge in [-0.05, 0) is 29.5 Å². The number of nitrogens with one attached hydrogen (secondary N) is 1. The molecule has 1 aromatic rings. The molecule has 1 rings (SSSR count). The Hall–Kier alpha value is -0.740. The smallest absolute Gasteiger partial charge is 0.161 e. The van der Waals surface area contributed by atoms with E-state index in [0.29, 0.717) is 5.41 Å². The fourth-order valence-corrected chi connectivity index (χ4v) is 2.15. The van der Waals surface area contributed by atoms with Gasteiger partial charge in [-0.25, -0.2) is 0 Å². The second kappa shape index (κ2) is 7.15. The van der Waals surface area contributed by atoms with Crippen molar-refractivity contribution in [3.63, 3.8) is 0 Å². The van der Waals surface area contributed by atoms with Crippen molar-refractivity contribution in [1.82, 2.24) is 5.32 Å². The Balaban J connectivity index is 2.73. The predicted octanol–water partition coefficient (Wildman–Crippen LogP) is 3.99. The molecule has 0 amide bonds. The predicted molar refractivity (Wildman–Crippen MR) is 83.0 cm³/mol. The van der Waals surface area contributed by atoms with Gasteiger partial charge in [0.1, 0.15) is 0 Å². The molecule has 4 heteroatoms. The first kappa shape index (κ1) is 16.3. The maximum Gasteiger partial charge on any atom is 0.161 e. The Morgan fingerprint density at radius 3 is 2.26 bits per heavy atom. The summed E-state index contributed by atoms with van der Waals surface area (Å²) in [6.45, 7) is 8.55. The minimum Gasteiger partial charge on any atom is -0.493 e. The molecular weight excluding hydrogens is 306 g/mol. The molecule has 0 aromatic heterocycles. The summed E-state index contributed by atoms with van der Waals surface area (Å²) in [5, 5.41) is 3.50. The molecule has 0 bridgehead atoms. The lowest BCUT2D eigenvalue weighted by atomic mass is 9.90. The molecule has 0 atom stereocenters. The van der Waals surface area contributed by atoms with Gasteiger partial charge in [-0.2, -0.15) is 0 Å². The lowest BCUT2D eigenvalue weighted by Gasteiger charge is -2.23. The third-order valence-electron chi connectivity index (χ3n) is 3.43. The number of benzene rings is 1. The third-order valence-corrected chi connectivity index (χ3v) is 4.17. The summed E-state index contributed by atoms with van der Waals surface area (Å²) in [5.41, 5.74) is 1.49. The second-order valence-electron chi connectivity index (χ2n) is 5.42. The van der Waals surface area contributed by atoms with Gasteiger partial charge in [-0.1, -0.05) is 36.7 Å². The van der Waals surface area contributed by atoms with Crippen LogP contribution in [-0.4, -0.2) is 20.8 Å². The van der Waals surface area contributed by atoms with E-state index in [0.717, 1.165) is 35.5 Å². The number of methoxy groups -OCH3 is 2. The highest BCUT2D eigenvalue weighted by molar-refractivity contribution is 9.10. The molecule has 1 aromatic carbocycles. The van der Waals surface area contributed by atoms with E-state index >= 15 is 0 Å². The fraction of sp³-hybridized carbons (Fsp3) is 0.600. The van der Waals surface area contributed by atoms with Crippen LogP contribution in [0.4, 0.5) is 0 Å². The van der Waals surface area contributed by atoms with Crippen molar-refractivity contribution in [3.8, 4) is 11.5 Å². The zero-order chi connectivity index (χ0) is 14.5. The minimum absolute atomic E-state index is 0.322. The van der Waals surface area contributed by atoms with Gasteiger partial charge >= 0.3 is 0 Å². The van der Waals surface area contributed by atoms with Gasteiger partial charge in [0.2, 0.25) is 0 Å². The second-order valence-corrected chi connectivity index (χ2v) is 6.27. The van der Waals surface area contributed by atoms with Gasteiger partial charge in [-0.3, -0.25) is 0 Å². The minimum atomic E-state index is 0.322. The van der Waals surface area contributed by atoms with Crippen LogP contribution >= 0.6 is 15.9 Å². The molecule has 0 spiro atoms. The van der Waals surface area contributed by atoms with Crippen molar-refractivity contribution >= 4 is 15.9 Å². The molecule has 1 N–H and O–H groups in total. The molecule has 0 aliphatic heterocycles. The first-order chi connectivity index (χ1) is 8.93. The monoisotopic (exact) mass is 329 g/mol. The molecule has 0 unspecified atom stereocenters. The highest BCUT2D eigenvalue weighted by atomic mass is 79.9. The molecule has 0 radical (unpaired) electrons. The molecule has 0 saturated carbocycles. The summed E-state index contributed by atoms with van der Waals surface area (Å²) in [7, 11) is 3.30. The van der Waals surface area contributed by atoms with Crippen LogP contribution in [0.1, 0.15) is 32.8 Å². The van der Waals surface area contributed by atoms with E-state index in [2.05, 4.69) is 42.0 Å². The summed E-state index contributed by atoms with van der Waals surface area (Å²) >= 11 is 3.57. The van der Waals surface area contributed by atoms with E-state index in [1.165, 1.54) is 5.56 Å². The molecule has 3 nitrogen and oxygen atoms in total. The summed E-state index contributed by atoms with van der Waals surface area (Å²) in [6.07, 6.45) is 1.16. The number of hydrogen-bond acceptors (Lipinski definition) is 3. The summed E-state index contributed by atoms with van der Waals surface area (Å²) in [4.78, 5) is 0. The van der Waals surface area contributed by atoms with E-state index < -0.39 is 0 Å². The van der Waals surface area contributed by atoms with Crippen LogP contribution in [-0.2, 0) is 6.54 Å². The normalized spacial score (nSPS) is 11.5. The molecule has 0 saturated heterocycles. The van der Waals surface area contributed by atoms with Crippen LogP contribution in [0.3, 0.4) is 0 Å². The molecule has 108 valence electrons. The van der Waals surface area contributed by atoms with Crippen molar-refractivity contribution in [3.05, 3.63) is 22.2 Å². The van der Waals surface area contributed by atoms with E-state index in [-0.39, 0.29) is 0 Å². The van der Waals surface area contributed by atoms with Crippen molar-refractivity contribution < 1.29 is 9.47 Å². The van der Waals surface area contributed by atoms with Crippen molar-refractivity contribution in [2.45, 2.75) is 33.7 Å². The number of rotatable bonds is 7. The molecule has 0 aliphatic rings. The highest BCUT2D eigenvalue weighted by Gasteiger charge is 2.15. The van der Waals surface area contributed by atoms with Crippen LogP contribution in [0.15, 0.2) is 16.6 Å². The zero-order valence-electron chi connectivity index (χ0n) is 12.5. The van der Waals surface area contributed by atoms with Gasteiger partial charge in [0, 0.05) is 17.6 Å². The average Bonchev–Trinajstić information content (AvgIpc) is 2.40. The van der Waals surface area contributed by atoms with E-state index in [9.17, 15) is 0 Å². The first-order valence-corrected chi connectivity index (χ1v) is 7.34. The Morgan fingerprint density at radius 1 is 1.16 bits per heavy atom. The lowest BCUT2D eigenvalue weighted by Crippen LogP contribution is -2.28. The van der Waals surface area contributed by atoms with Gasteiger partial charge in [0.05, 0.1) is 14.2 Å². The summed E-state index contributed by atoms with van der Waals surface area (Å²) < 4.78 is 11.6. The SMILES string of the molecule is CCC(C)(C)CNCc1cc(OC)c(OC)cc1Br. The topological polar surface area (TPSA) is 30.5 Å². The Kier molecular flexibility index (Phi) is 6.14. The zero-order valence-corrected chi connectivity index (χ0v) is 14.1. The van der Waals surface area contributed by atoms with Crippen molar-refractivity contribution in [2.75, 3.05) is 20.8 Å². The van der Waals surface area contributed by atoms with Crippen LogP contribution < -0.4 is 14.8 Å². The first-order valence-electron chi connectivity index (χ1n) is 6.54. The summed E-state index contributed by atoms with van der Waals surface area (Å²) in [5.74, 6) is 1.50. The lowest BCUT2D eigenvalue weighted by molar-refractivity contribution is 0.327. The maximum atomic E-state index is 5.33. The van der Waals surface area contributed by atoms with E-state index in [4.69, 9.17) is 9.47 Å². The molecule has 0 aliphatic carbocycles. The van der Waals surface area contributed by atoms with Gasteiger partial charge in [-0.15, -0.1) is 0 Å². The highest BCUT2D eigenvalue weighted by Crippen LogP contribution is 2.33.